The fraction of sp³-hybridized carbons (Fsp3) is 0.462. The topological polar surface area (TPSA) is 47.6 Å². The van der Waals surface area contributed by atoms with Crippen molar-refractivity contribution >= 4 is 5.91 Å². The van der Waals surface area contributed by atoms with Crippen LogP contribution >= 0.6 is 0 Å². The van der Waals surface area contributed by atoms with Gasteiger partial charge >= 0.3 is 0 Å². The number of para-hydroxylation sites is 1. The quantitative estimate of drug-likeness (QED) is 0.630. The third-order valence-corrected chi connectivity index (χ3v) is 2.04. The second kappa shape index (κ2) is 6.25. The number of ether oxygens (including phenoxy) is 1. The molecular formula is C13H19NO3. The van der Waals surface area contributed by atoms with Crippen molar-refractivity contribution in [1.29, 1.82) is 0 Å². The molecular weight excluding hydrogens is 218 g/mol. The lowest BCUT2D eigenvalue weighted by Crippen LogP contribution is -2.35. The summed E-state index contributed by atoms with van der Waals surface area (Å²) in [5.41, 5.74) is 1.95. The van der Waals surface area contributed by atoms with Crippen LogP contribution in [0.2, 0.25) is 0 Å². The fourth-order valence-corrected chi connectivity index (χ4v) is 0.988. The van der Waals surface area contributed by atoms with Gasteiger partial charge in [-0.05, 0) is 12.1 Å². The SMILES string of the molecule is CC(C)(C)C(=O)NOCCOc1ccccc1. The lowest BCUT2D eigenvalue weighted by Gasteiger charge is -2.17. The van der Waals surface area contributed by atoms with E-state index in [1.807, 2.05) is 51.1 Å². The lowest BCUT2D eigenvalue weighted by atomic mass is 9.96. The Hall–Kier alpha value is -1.55. The van der Waals surface area contributed by atoms with Gasteiger partial charge in [-0.2, -0.15) is 0 Å². The van der Waals surface area contributed by atoms with Crippen molar-refractivity contribution in [3.63, 3.8) is 0 Å². The van der Waals surface area contributed by atoms with Crippen molar-refractivity contribution in [2.75, 3.05) is 13.2 Å². The highest BCUT2D eigenvalue weighted by molar-refractivity contribution is 5.80. The number of carbonyl (C=O) groups is 1. The highest BCUT2D eigenvalue weighted by atomic mass is 16.7. The smallest absolute Gasteiger partial charge is 0.248 e. The lowest BCUT2D eigenvalue weighted by molar-refractivity contribution is -0.142. The Morgan fingerprint density at radius 1 is 1.18 bits per heavy atom. The van der Waals surface area contributed by atoms with Crippen LogP contribution in [0.1, 0.15) is 20.8 Å². The number of carbonyl (C=O) groups excluding carboxylic acids is 1. The molecule has 17 heavy (non-hydrogen) atoms. The average molecular weight is 237 g/mol. The number of hydrogen-bond acceptors (Lipinski definition) is 3. The molecule has 0 aliphatic carbocycles. The summed E-state index contributed by atoms with van der Waals surface area (Å²) < 4.78 is 5.40. The molecule has 1 N–H and O–H groups in total. The molecule has 0 spiro atoms. The van der Waals surface area contributed by atoms with Crippen molar-refractivity contribution in [3.05, 3.63) is 30.3 Å². The third kappa shape index (κ3) is 5.36. The van der Waals surface area contributed by atoms with E-state index < -0.39 is 5.41 Å². The van der Waals surface area contributed by atoms with Crippen LogP contribution in [0.15, 0.2) is 30.3 Å². The van der Waals surface area contributed by atoms with E-state index in [1.165, 1.54) is 0 Å². The van der Waals surface area contributed by atoms with Crippen LogP contribution < -0.4 is 10.2 Å². The van der Waals surface area contributed by atoms with E-state index in [4.69, 9.17) is 9.57 Å². The van der Waals surface area contributed by atoms with Crippen molar-refractivity contribution in [1.82, 2.24) is 5.48 Å². The van der Waals surface area contributed by atoms with Gasteiger partial charge in [0, 0.05) is 5.41 Å². The summed E-state index contributed by atoms with van der Waals surface area (Å²) in [6, 6.07) is 9.46. The second-order valence-corrected chi connectivity index (χ2v) is 4.69. The van der Waals surface area contributed by atoms with Crippen LogP contribution in [-0.4, -0.2) is 19.1 Å². The second-order valence-electron chi connectivity index (χ2n) is 4.69. The van der Waals surface area contributed by atoms with Gasteiger partial charge in [0.2, 0.25) is 5.91 Å². The Kier molecular flexibility index (Phi) is 4.97. The van der Waals surface area contributed by atoms with Gasteiger partial charge in [-0.25, -0.2) is 5.48 Å². The number of amides is 1. The first-order chi connectivity index (χ1) is 8.00. The normalized spacial score (nSPS) is 11.0. The van der Waals surface area contributed by atoms with Gasteiger partial charge in [0.25, 0.3) is 0 Å². The Bertz CT molecular complexity index is 343. The first-order valence-electron chi connectivity index (χ1n) is 5.60. The van der Waals surface area contributed by atoms with E-state index in [1.54, 1.807) is 0 Å². The van der Waals surface area contributed by atoms with Crippen molar-refractivity contribution in [2.45, 2.75) is 20.8 Å². The maximum absolute atomic E-state index is 11.4. The summed E-state index contributed by atoms with van der Waals surface area (Å²) in [6.07, 6.45) is 0. The number of benzene rings is 1. The molecule has 94 valence electrons. The summed E-state index contributed by atoms with van der Waals surface area (Å²) >= 11 is 0. The number of hydroxylamine groups is 1. The maximum Gasteiger partial charge on any atom is 0.248 e. The van der Waals surface area contributed by atoms with E-state index in [-0.39, 0.29) is 5.91 Å². The molecule has 1 aromatic rings. The number of nitrogens with one attached hydrogen (secondary N) is 1. The molecule has 0 aliphatic heterocycles. The van der Waals surface area contributed by atoms with Crippen molar-refractivity contribution in [3.8, 4) is 5.75 Å². The highest BCUT2D eigenvalue weighted by Crippen LogP contribution is 2.12. The van der Waals surface area contributed by atoms with E-state index in [9.17, 15) is 4.79 Å². The Labute approximate surface area is 102 Å². The van der Waals surface area contributed by atoms with Crippen LogP contribution in [0.25, 0.3) is 0 Å². The molecule has 4 nitrogen and oxygen atoms in total. The van der Waals surface area contributed by atoms with Crippen LogP contribution in [0.4, 0.5) is 0 Å². The summed E-state index contributed by atoms with van der Waals surface area (Å²) in [5.74, 6) is 0.649. The Morgan fingerprint density at radius 2 is 1.82 bits per heavy atom. The number of hydrogen-bond donors (Lipinski definition) is 1. The van der Waals surface area contributed by atoms with Gasteiger partial charge in [0.15, 0.2) is 0 Å². The maximum atomic E-state index is 11.4. The van der Waals surface area contributed by atoms with Gasteiger partial charge in [0.1, 0.15) is 19.0 Å². The van der Waals surface area contributed by atoms with Crippen LogP contribution in [-0.2, 0) is 9.63 Å². The minimum atomic E-state index is -0.444. The minimum Gasteiger partial charge on any atom is -0.491 e. The largest absolute Gasteiger partial charge is 0.491 e. The minimum absolute atomic E-state index is 0.141. The van der Waals surface area contributed by atoms with E-state index in [0.717, 1.165) is 5.75 Å². The summed E-state index contributed by atoms with van der Waals surface area (Å²) in [5, 5.41) is 0. The highest BCUT2D eigenvalue weighted by Gasteiger charge is 2.20. The monoisotopic (exact) mass is 237 g/mol. The standard InChI is InChI=1S/C13H19NO3/c1-13(2,3)12(15)14-17-10-9-16-11-7-5-4-6-8-11/h4-8H,9-10H2,1-3H3,(H,14,15). The summed E-state index contributed by atoms with van der Waals surface area (Å²) in [6.45, 7) is 6.19. The molecule has 1 rings (SSSR count). The predicted octanol–water partition coefficient (Wildman–Crippen LogP) is 2.16. The molecule has 0 bridgehead atoms. The summed E-state index contributed by atoms with van der Waals surface area (Å²) in [7, 11) is 0. The molecule has 0 atom stereocenters. The first-order valence-corrected chi connectivity index (χ1v) is 5.60. The first kappa shape index (κ1) is 13.5. The fourth-order valence-electron chi connectivity index (χ4n) is 0.988. The van der Waals surface area contributed by atoms with Gasteiger partial charge in [0.05, 0.1) is 0 Å². The van der Waals surface area contributed by atoms with Gasteiger partial charge in [-0.1, -0.05) is 39.0 Å². The van der Waals surface area contributed by atoms with E-state index >= 15 is 0 Å². The third-order valence-electron chi connectivity index (χ3n) is 2.04. The molecule has 4 heteroatoms. The molecule has 0 saturated carbocycles. The molecule has 1 amide bonds. The molecule has 0 aliphatic rings. The summed E-state index contributed by atoms with van der Waals surface area (Å²) in [4.78, 5) is 16.4. The Balaban J connectivity index is 2.12. The molecule has 0 fully saturated rings. The van der Waals surface area contributed by atoms with Gasteiger partial charge < -0.3 is 4.74 Å². The van der Waals surface area contributed by atoms with Crippen LogP contribution in [0.3, 0.4) is 0 Å². The molecule has 0 unspecified atom stereocenters. The van der Waals surface area contributed by atoms with Gasteiger partial charge in [-0.3, -0.25) is 9.63 Å². The van der Waals surface area contributed by atoms with E-state index in [2.05, 4.69) is 5.48 Å². The average Bonchev–Trinajstić information content (AvgIpc) is 2.28. The molecule has 0 aromatic heterocycles. The molecule has 0 heterocycles. The van der Waals surface area contributed by atoms with Crippen LogP contribution in [0, 0.1) is 5.41 Å². The number of rotatable bonds is 5. The molecule has 1 aromatic carbocycles. The predicted molar refractivity (Wildman–Crippen MR) is 65.5 cm³/mol. The van der Waals surface area contributed by atoms with Crippen molar-refractivity contribution < 1.29 is 14.4 Å². The molecule has 0 radical (unpaired) electrons. The van der Waals surface area contributed by atoms with Crippen LogP contribution in [0.5, 0.6) is 5.75 Å². The zero-order chi connectivity index (χ0) is 12.7. The van der Waals surface area contributed by atoms with Gasteiger partial charge in [-0.15, -0.1) is 0 Å². The van der Waals surface area contributed by atoms with E-state index in [0.29, 0.717) is 13.2 Å². The zero-order valence-electron chi connectivity index (χ0n) is 10.5. The van der Waals surface area contributed by atoms with Crippen molar-refractivity contribution in [2.24, 2.45) is 5.41 Å². The zero-order valence-corrected chi connectivity index (χ0v) is 10.5. The Morgan fingerprint density at radius 3 is 2.41 bits per heavy atom. The molecule has 0 saturated heterocycles.